The third-order valence-corrected chi connectivity index (χ3v) is 3.04. The smallest absolute Gasteiger partial charge is 0.123 e. The van der Waals surface area contributed by atoms with E-state index >= 15 is 0 Å². The highest BCUT2D eigenvalue weighted by atomic mass is 16.3. The Morgan fingerprint density at radius 3 is 2.88 bits per heavy atom. The maximum atomic E-state index is 6.24. The molecule has 1 aromatic heterocycles. The molecule has 3 nitrogen and oxygen atoms in total. The maximum absolute atomic E-state index is 6.24. The molecule has 86 valence electrons. The van der Waals surface area contributed by atoms with Crippen molar-refractivity contribution in [2.24, 2.45) is 5.73 Å². The molecule has 0 radical (unpaired) electrons. The van der Waals surface area contributed by atoms with Crippen LogP contribution in [0.15, 0.2) is 53.3 Å². The van der Waals surface area contributed by atoms with E-state index in [2.05, 4.69) is 23.1 Å². The second kappa shape index (κ2) is 4.11. The molecule has 1 unspecified atom stereocenters. The highest BCUT2D eigenvalue weighted by Gasteiger charge is 2.19. The van der Waals surface area contributed by atoms with E-state index in [1.807, 2.05) is 30.5 Å². The van der Waals surface area contributed by atoms with Crippen LogP contribution >= 0.6 is 0 Å². The minimum absolute atomic E-state index is 0.110. The van der Waals surface area contributed by atoms with E-state index in [1.165, 1.54) is 5.56 Å². The third kappa shape index (κ3) is 1.85. The van der Waals surface area contributed by atoms with E-state index in [0.717, 1.165) is 11.3 Å². The van der Waals surface area contributed by atoms with Gasteiger partial charge in [-0.15, -0.1) is 0 Å². The van der Waals surface area contributed by atoms with Gasteiger partial charge in [0, 0.05) is 6.20 Å². The van der Waals surface area contributed by atoms with Crippen LogP contribution < -0.4 is 5.73 Å². The van der Waals surface area contributed by atoms with Gasteiger partial charge in [0.15, 0.2) is 0 Å². The summed E-state index contributed by atoms with van der Waals surface area (Å²) in [4.78, 5) is 2.07. The summed E-state index contributed by atoms with van der Waals surface area (Å²) in [5.41, 5.74) is 8.58. The van der Waals surface area contributed by atoms with E-state index in [1.54, 1.807) is 6.26 Å². The lowest BCUT2D eigenvalue weighted by Crippen LogP contribution is -2.32. The fourth-order valence-electron chi connectivity index (χ4n) is 2.11. The van der Waals surface area contributed by atoms with Gasteiger partial charge >= 0.3 is 0 Å². The second-order valence-corrected chi connectivity index (χ2v) is 4.14. The lowest BCUT2D eigenvalue weighted by Gasteiger charge is -2.31. The molecular formula is C14H14N2O. The van der Waals surface area contributed by atoms with Crippen molar-refractivity contribution in [3.05, 3.63) is 65.7 Å². The van der Waals surface area contributed by atoms with Crippen molar-refractivity contribution in [2.75, 3.05) is 0 Å². The summed E-state index contributed by atoms with van der Waals surface area (Å²) >= 11 is 0. The van der Waals surface area contributed by atoms with Crippen LogP contribution in [-0.2, 0) is 6.54 Å². The predicted molar refractivity (Wildman–Crippen MR) is 66.7 cm³/mol. The van der Waals surface area contributed by atoms with Gasteiger partial charge in [-0.05, 0) is 29.3 Å². The molecule has 2 N–H and O–H groups in total. The van der Waals surface area contributed by atoms with Crippen LogP contribution in [0.2, 0.25) is 0 Å². The van der Waals surface area contributed by atoms with Gasteiger partial charge in [0.2, 0.25) is 0 Å². The molecule has 0 amide bonds. The van der Waals surface area contributed by atoms with Gasteiger partial charge in [-0.2, -0.15) is 0 Å². The number of nitrogens with zero attached hydrogens (tertiary/aromatic N) is 1. The lowest BCUT2D eigenvalue weighted by atomic mass is 10.0. The van der Waals surface area contributed by atoms with Gasteiger partial charge in [-0.3, -0.25) is 0 Å². The van der Waals surface area contributed by atoms with Crippen LogP contribution in [0.25, 0.3) is 6.08 Å². The molecule has 1 aliphatic heterocycles. The highest BCUT2D eigenvalue weighted by Crippen LogP contribution is 2.27. The van der Waals surface area contributed by atoms with Crippen LogP contribution in [0.3, 0.4) is 0 Å². The number of nitrogens with two attached hydrogens (primary N) is 1. The average molecular weight is 226 g/mol. The first-order valence-corrected chi connectivity index (χ1v) is 5.65. The molecule has 0 aliphatic carbocycles. The summed E-state index contributed by atoms with van der Waals surface area (Å²) in [6, 6.07) is 12.0. The fourth-order valence-corrected chi connectivity index (χ4v) is 2.11. The minimum Gasteiger partial charge on any atom is -0.467 e. The molecule has 3 rings (SSSR count). The summed E-state index contributed by atoms with van der Waals surface area (Å²) in [5.74, 6) is 0.921. The number of furan rings is 1. The van der Waals surface area contributed by atoms with E-state index in [-0.39, 0.29) is 6.17 Å². The quantitative estimate of drug-likeness (QED) is 0.856. The van der Waals surface area contributed by atoms with Crippen LogP contribution in [0.1, 0.15) is 23.1 Å². The zero-order valence-electron chi connectivity index (χ0n) is 9.41. The Morgan fingerprint density at radius 1 is 1.18 bits per heavy atom. The number of rotatable bonds is 2. The third-order valence-electron chi connectivity index (χ3n) is 3.04. The minimum atomic E-state index is -0.110. The van der Waals surface area contributed by atoms with Crippen molar-refractivity contribution >= 4 is 6.08 Å². The van der Waals surface area contributed by atoms with Gasteiger partial charge in [-0.25, -0.2) is 0 Å². The second-order valence-electron chi connectivity index (χ2n) is 4.14. The van der Waals surface area contributed by atoms with Crippen molar-refractivity contribution in [2.45, 2.75) is 12.7 Å². The number of benzene rings is 1. The lowest BCUT2D eigenvalue weighted by molar-refractivity contribution is 0.253. The van der Waals surface area contributed by atoms with Crippen molar-refractivity contribution in [3.63, 3.8) is 0 Å². The van der Waals surface area contributed by atoms with Crippen LogP contribution in [0.4, 0.5) is 0 Å². The maximum Gasteiger partial charge on any atom is 0.123 e. The van der Waals surface area contributed by atoms with Crippen LogP contribution in [-0.4, -0.2) is 4.90 Å². The molecule has 3 heteroatoms. The SMILES string of the molecule is NC1c2ccccc2C=CN1Cc1ccco1. The van der Waals surface area contributed by atoms with Crippen LogP contribution in [0, 0.1) is 0 Å². The first-order valence-electron chi connectivity index (χ1n) is 5.65. The normalized spacial score (nSPS) is 18.2. The van der Waals surface area contributed by atoms with Crippen LogP contribution in [0.5, 0.6) is 0 Å². The Hall–Kier alpha value is -2.00. The van der Waals surface area contributed by atoms with E-state index in [4.69, 9.17) is 10.2 Å². The summed E-state index contributed by atoms with van der Waals surface area (Å²) in [6.07, 6.45) is 5.68. The zero-order chi connectivity index (χ0) is 11.7. The fraction of sp³-hybridized carbons (Fsp3) is 0.143. The van der Waals surface area contributed by atoms with E-state index < -0.39 is 0 Å². The van der Waals surface area contributed by atoms with Crippen molar-refractivity contribution in [1.82, 2.24) is 4.90 Å². The average Bonchev–Trinajstić information content (AvgIpc) is 2.86. The molecule has 0 spiro atoms. The molecule has 0 fully saturated rings. The Bertz CT molecular complexity index is 531. The highest BCUT2D eigenvalue weighted by molar-refractivity contribution is 5.56. The van der Waals surface area contributed by atoms with E-state index in [0.29, 0.717) is 6.54 Å². The van der Waals surface area contributed by atoms with Crippen molar-refractivity contribution < 1.29 is 4.42 Å². The van der Waals surface area contributed by atoms with Gasteiger partial charge in [0.1, 0.15) is 11.9 Å². The molecule has 1 aromatic carbocycles. The Morgan fingerprint density at radius 2 is 2.06 bits per heavy atom. The molecule has 0 saturated carbocycles. The van der Waals surface area contributed by atoms with Gasteiger partial charge in [-0.1, -0.05) is 24.3 Å². The van der Waals surface area contributed by atoms with Gasteiger partial charge < -0.3 is 15.1 Å². The monoisotopic (exact) mass is 226 g/mol. The standard InChI is InChI=1S/C14H14N2O/c15-14-13-6-2-1-4-11(13)7-8-16(14)10-12-5-3-9-17-12/h1-9,14H,10,15H2. The van der Waals surface area contributed by atoms with E-state index in [9.17, 15) is 0 Å². The summed E-state index contributed by atoms with van der Waals surface area (Å²) in [6.45, 7) is 0.693. The largest absolute Gasteiger partial charge is 0.467 e. The topological polar surface area (TPSA) is 42.4 Å². The molecule has 0 bridgehead atoms. The molecule has 2 aromatic rings. The molecule has 2 heterocycles. The molecule has 1 aliphatic rings. The Kier molecular flexibility index (Phi) is 2.46. The Balaban J connectivity index is 1.87. The zero-order valence-corrected chi connectivity index (χ0v) is 9.41. The van der Waals surface area contributed by atoms with Gasteiger partial charge in [0.25, 0.3) is 0 Å². The molecule has 17 heavy (non-hydrogen) atoms. The predicted octanol–water partition coefficient (Wildman–Crippen LogP) is 2.72. The summed E-state index contributed by atoms with van der Waals surface area (Å²) in [5, 5.41) is 0. The first-order chi connectivity index (χ1) is 8.34. The summed E-state index contributed by atoms with van der Waals surface area (Å²) < 4.78 is 5.34. The van der Waals surface area contributed by atoms with Crippen molar-refractivity contribution in [3.8, 4) is 0 Å². The number of hydrogen-bond acceptors (Lipinski definition) is 3. The Labute approximate surface area is 100 Å². The molecular weight excluding hydrogens is 212 g/mol. The number of hydrogen-bond donors (Lipinski definition) is 1. The summed E-state index contributed by atoms with van der Waals surface area (Å²) in [7, 11) is 0. The van der Waals surface area contributed by atoms with Crippen molar-refractivity contribution in [1.29, 1.82) is 0 Å². The molecule has 0 saturated heterocycles. The van der Waals surface area contributed by atoms with Gasteiger partial charge in [0.05, 0.1) is 12.8 Å². The number of fused-ring (bicyclic) bond motifs is 1. The first kappa shape index (κ1) is 10.2. The molecule has 1 atom stereocenters.